The van der Waals surface area contributed by atoms with E-state index in [1.165, 1.54) is 5.56 Å². The molecule has 2 heterocycles. The fourth-order valence-corrected chi connectivity index (χ4v) is 1.36. The highest BCUT2D eigenvalue weighted by Crippen LogP contribution is 1.92. The van der Waals surface area contributed by atoms with Crippen LogP contribution in [0.4, 0.5) is 9.59 Å². The van der Waals surface area contributed by atoms with E-state index in [1.54, 1.807) is 0 Å². The Balaban J connectivity index is 0.000000143. The molecule has 0 radical (unpaired) electrons. The van der Waals surface area contributed by atoms with E-state index in [-0.39, 0.29) is 12.1 Å². The molecule has 0 spiro atoms. The van der Waals surface area contributed by atoms with Gasteiger partial charge in [0.25, 0.3) is 0 Å². The van der Waals surface area contributed by atoms with Gasteiger partial charge in [0.2, 0.25) is 0 Å². The molecule has 1 aromatic carbocycles. The van der Waals surface area contributed by atoms with Crippen LogP contribution >= 0.6 is 0 Å². The number of hydrogen-bond donors (Lipinski definition) is 4. The Hall–Kier alpha value is -2.24. The van der Waals surface area contributed by atoms with E-state index in [1.807, 2.05) is 18.2 Å². The van der Waals surface area contributed by atoms with Gasteiger partial charge in [0.1, 0.15) is 0 Å². The van der Waals surface area contributed by atoms with Gasteiger partial charge in [0, 0.05) is 26.2 Å². The van der Waals surface area contributed by atoms with Gasteiger partial charge in [-0.25, -0.2) is 9.59 Å². The smallest absolute Gasteiger partial charge is 0.314 e. The van der Waals surface area contributed by atoms with Crippen LogP contribution in [0.5, 0.6) is 0 Å². The summed E-state index contributed by atoms with van der Waals surface area (Å²) in [4.78, 5) is 20.0. The van der Waals surface area contributed by atoms with E-state index in [9.17, 15) is 9.59 Å². The van der Waals surface area contributed by atoms with E-state index in [0.29, 0.717) is 0 Å². The van der Waals surface area contributed by atoms with Crippen LogP contribution in [0.1, 0.15) is 5.56 Å². The highest BCUT2D eigenvalue weighted by atomic mass is 16.2. The summed E-state index contributed by atoms with van der Waals surface area (Å²) in [7, 11) is 0. The highest BCUT2D eigenvalue weighted by molar-refractivity contribution is 5.75. The number of carbonyl (C=O) groups is 2. The average Bonchev–Trinajstić information content (AvgIpc) is 3.05. The Labute approximate surface area is 113 Å². The van der Waals surface area contributed by atoms with Gasteiger partial charge in [-0.05, 0) is 6.92 Å². The van der Waals surface area contributed by atoms with E-state index in [4.69, 9.17) is 0 Å². The lowest BCUT2D eigenvalue weighted by molar-refractivity contribution is 0.247. The predicted molar refractivity (Wildman–Crippen MR) is 74.0 cm³/mol. The maximum atomic E-state index is 10.0. The van der Waals surface area contributed by atoms with Crippen LogP contribution in [0.3, 0.4) is 0 Å². The van der Waals surface area contributed by atoms with Crippen molar-refractivity contribution in [2.24, 2.45) is 0 Å². The molecule has 0 saturated carbocycles. The zero-order valence-corrected chi connectivity index (χ0v) is 11.0. The molecule has 2 saturated heterocycles. The quantitative estimate of drug-likeness (QED) is 0.553. The van der Waals surface area contributed by atoms with Gasteiger partial charge in [-0.1, -0.05) is 35.9 Å². The zero-order valence-electron chi connectivity index (χ0n) is 11.0. The van der Waals surface area contributed by atoms with Crippen LogP contribution in [-0.4, -0.2) is 38.2 Å². The minimum Gasteiger partial charge on any atom is -0.336 e. The monoisotopic (exact) mass is 264 g/mol. The average molecular weight is 264 g/mol. The van der Waals surface area contributed by atoms with Gasteiger partial charge < -0.3 is 21.3 Å². The van der Waals surface area contributed by atoms with E-state index < -0.39 is 0 Å². The molecule has 0 bridgehead atoms. The van der Waals surface area contributed by atoms with Crippen molar-refractivity contribution in [1.29, 1.82) is 0 Å². The van der Waals surface area contributed by atoms with Crippen LogP contribution in [0.25, 0.3) is 0 Å². The number of amides is 4. The molecule has 19 heavy (non-hydrogen) atoms. The number of nitrogens with one attached hydrogen (secondary N) is 4. The molecule has 0 atom stereocenters. The predicted octanol–water partition coefficient (Wildman–Crippen LogP) is 0.593. The Morgan fingerprint density at radius 3 is 1.26 bits per heavy atom. The summed E-state index contributed by atoms with van der Waals surface area (Å²) < 4.78 is 0. The Morgan fingerprint density at radius 2 is 1.11 bits per heavy atom. The molecule has 6 nitrogen and oxygen atoms in total. The molecule has 0 aliphatic carbocycles. The number of urea groups is 2. The molecule has 4 amide bonds. The number of benzene rings is 1. The summed E-state index contributed by atoms with van der Waals surface area (Å²) >= 11 is 0. The lowest BCUT2D eigenvalue weighted by Crippen LogP contribution is -2.20. The zero-order chi connectivity index (χ0) is 13.9. The first kappa shape index (κ1) is 14.8. The summed E-state index contributed by atoms with van der Waals surface area (Å²) in [6.45, 7) is 5.19. The Morgan fingerprint density at radius 1 is 0.737 bits per heavy atom. The van der Waals surface area contributed by atoms with Gasteiger partial charge in [0.05, 0.1) is 0 Å². The minimum atomic E-state index is -0.0463. The first-order chi connectivity index (χ1) is 9.18. The molecular weight excluding hydrogens is 244 g/mol. The number of aryl methyl sites for hydroxylation is 1. The van der Waals surface area contributed by atoms with Crippen molar-refractivity contribution in [3.8, 4) is 0 Å². The largest absolute Gasteiger partial charge is 0.336 e. The summed E-state index contributed by atoms with van der Waals surface area (Å²) in [5.74, 6) is 0. The third-order valence-corrected chi connectivity index (χ3v) is 2.33. The van der Waals surface area contributed by atoms with Crippen molar-refractivity contribution in [1.82, 2.24) is 21.3 Å². The van der Waals surface area contributed by atoms with Crippen molar-refractivity contribution < 1.29 is 9.59 Å². The Bertz CT molecular complexity index is 359. The lowest BCUT2D eigenvalue weighted by Gasteiger charge is -1.82. The second-order valence-corrected chi connectivity index (χ2v) is 4.02. The molecule has 4 N–H and O–H groups in total. The van der Waals surface area contributed by atoms with Crippen LogP contribution < -0.4 is 21.3 Å². The SMILES string of the molecule is Cc1ccccc1.O=C1NCCN1.O=C1NCCN1. The molecule has 6 heteroatoms. The number of carbonyl (C=O) groups excluding carboxylic acids is 2. The fourth-order valence-electron chi connectivity index (χ4n) is 1.36. The number of hydrogen-bond acceptors (Lipinski definition) is 2. The maximum Gasteiger partial charge on any atom is 0.314 e. The highest BCUT2D eigenvalue weighted by Gasteiger charge is 2.03. The Kier molecular flexibility index (Phi) is 6.86. The maximum absolute atomic E-state index is 10.0. The van der Waals surface area contributed by atoms with Crippen LogP contribution in [0.2, 0.25) is 0 Å². The molecule has 2 fully saturated rings. The number of rotatable bonds is 0. The van der Waals surface area contributed by atoms with E-state index in [2.05, 4.69) is 40.3 Å². The van der Waals surface area contributed by atoms with Crippen molar-refractivity contribution in [2.75, 3.05) is 26.2 Å². The normalized spacial score (nSPS) is 15.6. The van der Waals surface area contributed by atoms with Gasteiger partial charge in [0.15, 0.2) is 0 Å². The molecule has 104 valence electrons. The van der Waals surface area contributed by atoms with Gasteiger partial charge >= 0.3 is 12.1 Å². The molecular formula is C13H20N4O2. The molecule has 0 unspecified atom stereocenters. The van der Waals surface area contributed by atoms with Gasteiger partial charge in [-0.15, -0.1) is 0 Å². The van der Waals surface area contributed by atoms with E-state index >= 15 is 0 Å². The minimum absolute atomic E-state index is 0.0463. The molecule has 2 aliphatic heterocycles. The van der Waals surface area contributed by atoms with Crippen molar-refractivity contribution in [3.63, 3.8) is 0 Å². The third kappa shape index (κ3) is 7.64. The fraction of sp³-hybridized carbons (Fsp3) is 0.385. The third-order valence-electron chi connectivity index (χ3n) is 2.33. The van der Waals surface area contributed by atoms with Crippen LogP contribution in [0, 0.1) is 6.92 Å². The first-order valence-electron chi connectivity index (χ1n) is 6.23. The van der Waals surface area contributed by atoms with Gasteiger partial charge in [-0.3, -0.25) is 0 Å². The summed E-state index contributed by atoms with van der Waals surface area (Å²) in [6.07, 6.45) is 0. The van der Waals surface area contributed by atoms with Crippen LogP contribution in [-0.2, 0) is 0 Å². The van der Waals surface area contributed by atoms with Crippen LogP contribution in [0.15, 0.2) is 30.3 Å². The topological polar surface area (TPSA) is 82.3 Å². The lowest BCUT2D eigenvalue weighted by atomic mass is 10.2. The first-order valence-corrected chi connectivity index (χ1v) is 6.23. The second-order valence-electron chi connectivity index (χ2n) is 4.02. The molecule has 3 rings (SSSR count). The summed E-state index contributed by atoms with van der Waals surface area (Å²) in [6, 6.07) is 10.2. The van der Waals surface area contributed by atoms with Crippen molar-refractivity contribution in [3.05, 3.63) is 35.9 Å². The van der Waals surface area contributed by atoms with Crippen molar-refractivity contribution >= 4 is 12.1 Å². The molecule has 1 aromatic rings. The summed E-state index contributed by atoms with van der Waals surface area (Å²) in [5.41, 5.74) is 1.32. The van der Waals surface area contributed by atoms with Gasteiger partial charge in [-0.2, -0.15) is 0 Å². The standard InChI is InChI=1S/C7H8.2C3H6N2O/c1-7-5-3-2-4-6-7;2*6-3-4-1-2-5-3/h2-6H,1H3;2*1-2H2,(H2,4,5,6). The summed E-state index contributed by atoms with van der Waals surface area (Å²) in [5, 5.41) is 10.3. The molecule has 0 aromatic heterocycles. The second kappa shape index (κ2) is 8.79. The van der Waals surface area contributed by atoms with E-state index in [0.717, 1.165) is 26.2 Å². The van der Waals surface area contributed by atoms with Crippen molar-refractivity contribution in [2.45, 2.75) is 6.92 Å². The molecule has 2 aliphatic rings.